The number of Topliss-reactive ketones (excluding diaryl/α,β-unsaturated/α-hetero) is 1. The molecule has 1 unspecified atom stereocenters. The second-order valence-electron chi connectivity index (χ2n) is 11.6. The molecule has 12 heteroatoms. The van der Waals surface area contributed by atoms with E-state index in [9.17, 15) is 4.79 Å². The first-order valence-electron chi connectivity index (χ1n) is 14.7. The molecule has 0 aliphatic carbocycles. The van der Waals surface area contributed by atoms with E-state index in [1.54, 1.807) is 37.5 Å². The van der Waals surface area contributed by atoms with Crippen LogP contribution in [0.2, 0.25) is 0 Å². The summed E-state index contributed by atoms with van der Waals surface area (Å²) in [5.41, 5.74) is 2.72. The summed E-state index contributed by atoms with van der Waals surface area (Å²) in [6, 6.07) is 11.5. The van der Waals surface area contributed by atoms with E-state index in [0.29, 0.717) is 24.0 Å². The zero-order chi connectivity index (χ0) is 31.0. The molecule has 0 spiro atoms. The molecule has 1 saturated heterocycles. The molecule has 4 heterocycles. The molecule has 1 aliphatic rings. The van der Waals surface area contributed by atoms with Crippen LogP contribution in [0.15, 0.2) is 48.8 Å². The molecule has 0 amide bonds. The molecule has 0 bridgehead atoms. The minimum atomic E-state index is -0.702. The summed E-state index contributed by atoms with van der Waals surface area (Å²) < 4.78 is 20.0. The van der Waals surface area contributed by atoms with E-state index in [0.717, 1.165) is 65.3 Å². The number of nitrogens with zero attached hydrogens (tertiary/aromatic N) is 7. The van der Waals surface area contributed by atoms with Crippen LogP contribution in [0.3, 0.4) is 0 Å². The summed E-state index contributed by atoms with van der Waals surface area (Å²) >= 11 is 0. The molecule has 1 N–H and O–H groups in total. The molecule has 6 rings (SSSR count). The maximum Gasteiger partial charge on any atom is 0.226 e. The number of hydrogen-bond donors (Lipinski definition) is 1. The number of ketones is 1. The van der Waals surface area contributed by atoms with Crippen LogP contribution in [-0.2, 0) is 16.9 Å². The highest BCUT2D eigenvalue weighted by Crippen LogP contribution is 2.32. The zero-order valence-corrected chi connectivity index (χ0v) is 26.0. The van der Waals surface area contributed by atoms with Crippen molar-refractivity contribution in [1.29, 1.82) is 0 Å². The summed E-state index contributed by atoms with van der Waals surface area (Å²) in [7, 11) is 4.92. The molecular formula is C32H38N8O4. The van der Waals surface area contributed by atoms with Crippen molar-refractivity contribution >= 4 is 34.0 Å². The fourth-order valence-electron chi connectivity index (χ4n) is 5.56. The number of piperidine rings is 1. The van der Waals surface area contributed by atoms with Gasteiger partial charge >= 0.3 is 0 Å². The Kier molecular flexibility index (Phi) is 7.74. The minimum Gasteiger partial charge on any atom is -0.497 e. The predicted octanol–water partition coefficient (Wildman–Crippen LogP) is 4.82. The lowest BCUT2D eigenvalue weighted by Gasteiger charge is -2.32. The van der Waals surface area contributed by atoms with Crippen LogP contribution in [0.5, 0.6) is 17.2 Å². The van der Waals surface area contributed by atoms with Gasteiger partial charge in [0.25, 0.3) is 0 Å². The first-order valence-corrected chi connectivity index (χ1v) is 14.7. The van der Waals surface area contributed by atoms with Gasteiger partial charge in [-0.1, -0.05) is 0 Å². The Balaban J connectivity index is 1.33. The van der Waals surface area contributed by atoms with E-state index in [1.165, 1.54) is 0 Å². The third-order valence-electron chi connectivity index (χ3n) is 8.58. The zero-order valence-electron chi connectivity index (χ0n) is 26.0. The number of benzene rings is 2. The van der Waals surface area contributed by atoms with Crippen molar-refractivity contribution in [3.8, 4) is 17.2 Å². The first kappa shape index (κ1) is 29.2. The number of carbonyl (C=O) groups is 1. The lowest BCUT2D eigenvalue weighted by molar-refractivity contribution is -0.124. The molecule has 44 heavy (non-hydrogen) atoms. The maximum atomic E-state index is 12.2. The molecule has 2 aromatic carbocycles. The number of hydrogen-bond acceptors (Lipinski definition) is 10. The Bertz CT molecular complexity index is 1830. The maximum absolute atomic E-state index is 12.2. The summed E-state index contributed by atoms with van der Waals surface area (Å²) in [5.74, 6) is 3.65. The van der Waals surface area contributed by atoms with Gasteiger partial charge in [0.2, 0.25) is 5.95 Å². The number of fused-ring (bicyclic) bond motifs is 3. The van der Waals surface area contributed by atoms with Crippen LogP contribution in [0, 0.1) is 0 Å². The van der Waals surface area contributed by atoms with E-state index in [1.807, 2.05) is 62.6 Å². The third-order valence-corrected chi connectivity index (χ3v) is 8.58. The second-order valence-corrected chi connectivity index (χ2v) is 11.6. The molecule has 5 aromatic rings. The van der Waals surface area contributed by atoms with Gasteiger partial charge in [-0.15, -0.1) is 5.10 Å². The Labute approximate surface area is 255 Å². The van der Waals surface area contributed by atoms with Crippen molar-refractivity contribution in [2.75, 3.05) is 44.6 Å². The molecule has 0 saturated carbocycles. The average molecular weight is 599 g/mol. The molecule has 0 radical (unpaired) electrons. The van der Waals surface area contributed by atoms with Gasteiger partial charge in [-0.25, -0.2) is 9.97 Å². The molecule has 1 atom stereocenters. The van der Waals surface area contributed by atoms with Crippen LogP contribution in [0.1, 0.15) is 50.9 Å². The fraction of sp³-hybridized carbons (Fsp3) is 0.406. The first-order chi connectivity index (χ1) is 21.2. The van der Waals surface area contributed by atoms with E-state index in [4.69, 9.17) is 29.3 Å². The van der Waals surface area contributed by atoms with Crippen LogP contribution in [0.4, 0.5) is 11.6 Å². The standard InChI is InChI=1S/C32H38N8O4/c1-20(41)32(2,3)39-19-23(17-34-39)38-13-7-8-22(18-38)29-36-30-26-12-11-24(42-4)14-27(26)35-31(40(30)37-29)33-16-21-9-10-25(43-5)15-28(21)44-6/h9-12,14-15,17,19,22H,7-8,13,16,18H2,1-6H3,(H,33,35). The minimum absolute atomic E-state index is 0.0610. The number of nitrogens with one attached hydrogen (secondary N) is 1. The van der Waals surface area contributed by atoms with Crippen LogP contribution < -0.4 is 24.4 Å². The Hall–Kier alpha value is -4.87. The number of anilines is 2. The van der Waals surface area contributed by atoms with Gasteiger partial charge in [-0.3, -0.25) is 9.48 Å². The molecule has 1 aliphatic heterocycles. The Morgan fingerprint density at radius 3 is 2.57 bits per heavy atom. The number of aromatic nitrogens is 6. The normalized spacial score (nSPS) is 15.5. The van der Waals surface area contributed by atoms with Crippen LogP contribution in [-0.4, -0.2) is 69.6 Å². The summed E-state index contributed by atoms with van der Waals surface area (Å²) in [6.45, 7) is 7.47. The fourth-order valence-corrected chi connectivity index (χ4v) is 5.56. The molecule has 230 valence electrons. The number of methoxy groups -OCH3 is 3. The number of ether oxygens (including phenoxy) is 3. The van der Waals surface area contributed by atoms with Gasteiger partial charge < -0.3 is 24.4 Å². The molecule has 3 aromatic heterocycles. The summed E-state index contributed by atoms with van der Waals surface area (Å²) in [6.07, 6.45) is 5.75. The van der Waals surface area contributed by atoms with Gasteiger partial charge in [0.1, 0.15) is 22.8 Å². The van der Waals surface area contributed by atoms with E-state index in [-0.39, 0.29) is 11.7 Å². The average Bonchev–Trinajstić information content (AvgIpc) is 3.73. The summed E-state index contributed by atoms with van der Waals surface area (Å²) in [4.78, 5) is 24.5. The Morgan fingerprint density at radius 1 is 1.05 bits per heavy atom. The van der Waals surface area contributed by atoms with Gasteiger partial charge in [-0.2, -0.15) is 9.61 Å². The largest absolute Gasteiger partial charge is 0.497 e. The monoisotopic (exact) mass is 598 g/mol. The number of rotatable bonds is 10. The Morgan fingerprint density at radius 2 is 1.82 bits per heavy atom. The predicted molar refractivity (Wildman–Crippen MR) is 168 cm³/mol. The molecular weight excluding hydrogens is 560 g/mol. The highest BCUT2D eigenvalue weighted by Gasteiger charge is 2.30. The molecule has 12 nitrogen and oxygen atoms in total. The van der Waals surface area contributed by atoms with Crippen molar-refractivity contribution in [3.05, 3.63) is 60.2 Å². The highest BCUT2D eigenvalue weighted by molar-refractivity contribution is 5.93. The van der Waals surface area contributed by atoms with Gasteiger partial charge in [0.15, 0.2) is 17.3 Å². The van der Waals surface area contributed by atoms with Crippen molar-refractivity contribution in [3.63, 3.8) is 0 Å². The van der Waals surface area contributed by atoms with Crippen molar-refractivity contribution in [2.45, 2.75) is 51.6 Å². The second kappa shape index (κ2) is 11.7. The van der Waals surface area contributed by atoms with Crippen molar-refractivity contribution < 1.29 is 19.0 Å². The smallest absolute Gasteiger partial charge is 0.226 e. The van der Waals surface area contributed by atoms with Crippen molar-refractivity contribution in [2.24, 2.45) is 0 Å². The lowest BCUT2D eigenvalue weighted by atomic mass is 9.97. The third kappa shape index (κ3) is 5.36. The van der Waals surface area contributed by atoms with Gasteiger partial charge in [-0.05, 0) is 57.9 Å². The van der Waals surface area contributed by atoms with Gasteiger partial charge in [0.05, 0.1) is 38.7 Å². The van der Waals surface area contributed by atoms with E-state index >= 15 is 0 Å². The van der Waals surface area contributed by atoms with Gasteiger partial charge in [0, 0.05) is 54.8 Å². The van der Waals surface area contributed by atoms with Crippen LogP contribution in [0.25, 0.3) is 16.6 Å². The van der Waals surface area contributed by atoms with E-state index in [2.05, 4.69) is 15.3 Å². The topological polar surface area (TPSA) is 121 Å². The van der Waals surface area contributed by atoms with Crippen molar-refractivity contribution in [1.82, 2.24) is 29.4 Å². The quantitative estimate of drug-likeness (QED) is 0.240. The van der Waals surface area contributed by atoms with E-state index < -0.39 is 5.54 Å². The number of carbonyl (C=O) groups excluding carboxylic acids is 1. The highest BCUT2D eigenvalue weighted by atomic mass is 16.5. The van der Waals surface area contributed by atoms with Crippen LogP contribution >= 0.6 is 0 Å². The molecule has 1 fully saturated rings. The lowest BCUT2D eigenvalue weighted by Crippen LogP contribution is -2.35. The SMILES string of the molecule is COc1ccc(CNc2nc3cc(OC)ccc3c3nc(C4CCCN(c5cnn(C(C)(C)C(C)=O)c5)C4)nn23)c(OC)c1. The summed E-state index contributed by atoms with van der Waals surface area (Å²) in [5, 5.41) is 13.9.